The number of piperidine rings is 1. The van der Waals surface area contributed by atoms with Crippen LogP contribution in [0.4, 0.5) is 8.78 Å². The third-order valence-electron chi connectivity index (χ3n) is 3.17. The molecule has 0 bridgehead atoms. The van der Waals surface area contributed by atoms with E-state index in [-0.39, 0.29) is 6.54 Å². The quantitative estimate of drug-likeness (QED) is 0.824. The van der Waals surface area contributed by atoms with Crippen LogP contribution in [0.25, 0.3) is 0 Å². The van der Waals surface area contributed by atoms with Crippen LogP contribution in [-0.4, -0.2) is 49.6 Å². The maximum Gasteiger partial charge on any atom is 0.257 e. The Kier molecular flexibility index (Phi) is 4.52. The molecule has 2 rings (SSSR count). The zero-order chi connectivity index (χ0) is 15.6. The van der Waals surface area contributed by atoms with Crippen molar-refractivity contribution >= 4 is 15.9 Å². The predicted molar refractivity (Wildman–Crippen MR) is 71.1 cm³/mol. The molecule has 1 saturated heterocycles. The summed E-state index contributed by atoms with van der Waals surface area (Å²) >= 11 is 0. The molecule has 0 aliphatic carbocycles. The molecule has 1 aromatic rings. The van der Waals surface area contributed by atoms with E-state index in [9.17, 15) is 22.0 Å². The van der Waals surface area contributed by atoms with Gasteiger partial charge in [0.15, 0.2) is 5.82 Å². The average Bonchev–Trinajstić information content (AvgIpc) is 2.39. The van der Waals surface area contributed by atoms with Crippen LogP contribution in [0.2, 0.25) is 0 Å². The smallest absolute Gasteiger partial charge is 0.257 e. The van der Waals surface area contributed by atoms with E-state index in [0.29, 0.717) is 19.4 Å². The van der Waals surface area contributed by atoms with Gasteiger partial charge in [0.25, 0.3) is 5.91 Å². The molecule has 0 aromatic carbocycles. The van der Waals surface area contributed by atoms with Crippen molar-refractivity contribution in [3.8, 4) is 0 Å². The van der Waals surface area contributed by atoms with E-state index in [0.717, 1.165) is 18.5 Å². The number of sulfonamides is 1. The summed E-state index contributed by atoms with van der Waals surface area (Å²) in [5.41, 5.74) is -0.400. The molecule has 9 heteroatoms. The monoisotopic (exact) mass is 319 g/mol. The highest BCUT2D eigenvalue weighted by Crippen LogP contribution is 2.17. The molecule has 116 valence electrons. The molecule has 21 heavy (non-hydrogen) atoms. The minimum Gasteiger partial charge on any atom is -0.337 e. The average molecular weight is 319 g/mol. The number of carbonyl (C=O) groups excluding carboxylic acids is 1. The molecular formula is C12H15F2N3O3S. The molecule has 1 fully saturated rings. The molecular weight excluding hydrogens is 304 g/mol. The Balaban J connectivity index is 2.14. The second kappa shape index (κ2) is 6.02. The molecule has 1 unspecified atom stereocenters. The highest BCUT2D eigenvalue weighted by atomic mass is 32.2. The molecule has 0 radical (unpaired) electrons. The minimum atomic E-state index is -3.38. The summed E-state index contributed by atoms with van der Waals surface area (Å²) in [6.45, 7) is 0.486. The molecule has 1 N–H and O–H groups in total. The van der Waals surface area contributed by atoms with Crippen LogP contribution >= 0.6 is 0 Å². The fourth-order valence-corrected chi connectivity index (χ4v) is 3.11. The third kappa shape index (κ3) is 3.94. The molecule has 1 aromatic heterocycles. The highest BCUT2D eigenvalue weighted by molar-refractivity contribution is 7.88. The van der Waals surface area contributed by atoms with E-state index in [1.54, 1.807) is 0 Å². The Bertz CT molecular complexity index is 651. The lowest BCUT2D eigenvalue weighted by Gasteiger charge is -2.32. The van der Waals surface area contributed by atoms with Gasteiger partial charge in [-0.2, -0.15) is 4.39 Å². The number of carbonyl (C=O) groups is 1. The molecule has 2 heterocycles. The van der Waals surface area contributed by atoms with Gasteiger partial charge in [0.05, 0.1) is 11.8 Å². The van der Waals surface area contributed by atoms with E-state index in [4.69, 9.17) is 0 Å². The van der Waals surface area contributed by atoms with Gasteiger partial charge in [-0.3, -0.25) is 4.79 Å². The zero-order valence-corrected chi connectivity index (χ0v) is 12.2. The van der Waals surface area contributed by atoms with Crippen LogP contribution in [0.5, 0.6) is 0 Å². The van der Waals surface area contributed by atoms with Crippen molar-refractivity contribution in [3.05, 3.63) is 29.6 Å². The van der Waals surface area contributed by atoms with Gasteiger partial charge in [-0.15, -0.1) is 0 Å². The Morgan fingerprint density at radius 1 is 1.48 bits per heavy atom. The number of rotatable bonds is 3. The zero-order valence-electron chi connectivity index (χ0n) is 11.3. The molecule has 0 spiro atoms. The second-order valence-electron chi connectivity index (χ2n) is 4.94. The maximum atomic E-state index is 13.6. The van der Waals surface area contributed by atoms with Crippen LogP contribution in [0, 0.1) is 11.8 Å². The lowest BCUT2D eigenvalue weighted by atomic mass is 10.1. The minimum absolute atomic E-state index is 0.120. The number of hydrogen-bond donors (Lipinski definition) is 1. The van der Waals surface area contributed by atoms with E-state index < -0.39 is 39.3 Å². The number of halogens is 2. The fourth-order valence-electron chi connectivity index (χ4n) is 2.31. The Morgan fingerprint density at radius 3 is 2.86 bits per heavy atom. The largest absolute Gasteiger partial charge is 0.337 e. The van der Waals surface area contributed by atoms with Crippen LogP contribution in [0.1, 0.15) is 23.2 Å². The Labute approximate surface area is 121 Å². The van der Waals surface area contributed by atoms with Gasteiger partial charge in [-0.1, -0.05) is 0 Å². The topological polar surface area (TPSA) is 79.4 Å². The van der Waals surface area contributed by atoms with Gasteiger partial charge >= 0.3 is 0 Å². The molecule has 1 atom stereocenters. The van der Waals surface area contributed by atoms with Gasteiger partial charge < -0.3 is 4.90 Å². The van der Waals surface area contributed by atoms with Gasteiger partial charge in [-0.05, 0) is 18.9 Å². The number of pyridine rings is 1. The van der Waals surface area contributed by atoms with Crippen molar-refractivity contribution in [1.29, 1.82) is 0 Å². The standard InChI is InChI=1S/C12H15F2N3O3S/c1-21(19,20)16-8-3-2-6-17(7-8)12(18)9-4-5-15-11(14)10(9)13/h4-5,8,16H,2-3,6-7H2,1H3. The molecule has 6 nitrogen and oxygen atoms in total. The second-order valence-corrected chi connectivity index (χ2v) is 6.72. The first kappa shape index (κ1) is 15.8. The number of likely N-dealkylation sites (tertiary alicyclic amines) is 1. The first-order chi connectivity index (χ1) is 9.78. The summed E-state index contributed by atoms with van der Waals surface area (Å²) in [7, 11) is -3.38. The van der Waals surface area contributed by atoms with Crippen LogP contribution in [0.15, 0.2) is 12.3 Å². The number of aromatic nitrogens is 1. The maximum absolute atomic E-state index is 13.6. The summed E-state index contributed by atoms with van der Waals surface area (Å²) in [6, 6.07) is 0.682. The van der Waals surface area contributed by atoms with E-state index in [2.05, 4.69) is 9.71 Å². The van der Waals surface area contributed by atoms with Gasteiger partial charge in [-0.25, -0.2) is 22.5 Å². The molecule has 0 saturated carbocycles. The van der Waals surface area contributed by atoms with E-state index >= 15 is 0 Å². The summed E-state index contributed by atoms with van der Waals surface area (Å²) in [4.78, 5) is 16.6. The highest BCUT2D eigenvalue weighted by Gasteiger charge is 2.28. The fraction of sp³-hybridized carbons (Fsp3) is 0.500. The van der Waals surface area contributed by atoms with Crippen molar-refractivity contribution in [2.75, 3.05) is 19.3 Å². The lowest BCUT2D eigenvalue weighted by molar-refractivity contribution is 0.0697. The Hall–Kier alpha value is -1.61. The summed E-state index contributed by atoms with van der Waals surface area (Å²) in [6.07, 6.45) is 3.21. The lowest BCUT2D eigenvalue weighted by Crippen LogP contribution is -2.49. The van der Waals surface area contributed by atoms with E-state index in [1.165, 1.54) is 4.90 Å². The SMILES string of the molecule is CS(=O)(=O)NC1CCCN(C(=O)c2ccnc(F)c2F)C1. The summed E-state index contributed by atoms with van der Waals surface area (Å²) < 4.78 is 51.5. The molecule has 1 aliphatic rings. The van der Waals surface area contributed by atoms with Crippen molar-refractivity contribution in [2.24, 2.45) is 0 Å². The van der Waals surface area contributed by atoms with Crippen molar-refractivity contribution < 1.29 is 22.0 Å². The normalized spacial score (nSPS) is 19.6. The van der Waals surface area contributed by atoms with Crippen LogP contribution in [-0.2, 0) is 10.0 Å². The predicted octanol–water partition coefficient (Wildman–Crippen LogP) is 0.514. The number of hydrogen-bond acceptors (Lipinski definition) is 4. The third-order valence-corrected chi connectivity index (χ3v) is 3.93. The van der Waals surface area contributed by atoms with Gasteiger partial charge in [0.1, 0.15) is 0 Å². The number of nitrogens with one attached hydrogen (secondary N) is 1. The van der Waals surface area contributed by atoms with Crippen LogP contribution in [0.3, 0.4) is 0 Å². The van der Waals surface area contributed by atoms with Crippen molar-refractivity contribution in [3.63, 3.8) is 0 Å². The van der Waals surface area contributed by atoms with E-state index in [1.807, 2.05) is 0 Å². The first-order valence-electron chi connectivity index (χ1n) is 6.34. The molecule has 1 amide bonds. The summed E-state index contributed by atoms with van der Waals surface area (Å²) in [5.74, 6) is -3.29. The van der Waals surface area contributed by atoms with Gasteiger partial charge in [0, 0.05) is 25.3 Å². The number of nitrogens with zero attached hydrogens (tertiary/aromatic N) is 2. The van der Waals surface area contributed by atoms with Crippen molar-refractivity contribution in [2.45, 2.75) is 18.9 Å². The molecule has 1 aliphatic heterocycles. The first-order valence-corrected chi connectivity index (χ1v) is 8.23. The summed E-state index contributed by atoms with van der Waals surface area (Å²) in [5, 5.41) is 0. The number of amides is 1. The van der Waals surface area contributed by atoms with Crippen molar-refractivity contribution in [1.82, 2.24) is 14.6 Å². The van der Waals surface area contributed by atoms with Gasteiger partial charge in [0.2, 0.25) is 16.0 Å². The Morgan fingerprint density at radius 2 is 2.19 bits per heavy atom. The van der Waals surface area contributed by atoms with Crippen LogP contribution < -0.4 is 4.72 Å².